The zero-order valence-corrected chi connectivity index (χ0v) is 11.9. The van der Waals surface area contributed by atoms with E-state index in [0.717, 1.165) is 18.5 Å². The quantitative estimate of drug-likeness (QED) is 0.903. The lowest BCUT2D eigenvalue weighted by atomic mass is 9.88. The van der Waals surface area contributed by atoms with Gasteiger partial charge in [0.05, 0.1) is 0 Å². The lowest BCUT2D eigenvalue weighted by Gasteiger charge is -2.34. The van der Waals surface area contributed by atoms with Crippen molar-refractivity contribution in [1.29, 1.82) is 0 Å². The molecule has 0 saturated carbocycles. The van der Waals surface area contributed by atoms with E-state index in [1.165, 1.54) is 56.4 Å². The predicted octanol–water partition coefficient (Wildman–Crippen LogP) is 2.35. The minimum Gasteiger partial charge on any atom is -0.314 e. The Bertz CT molecular complexity index is 404. The summed E-state index contributed by atoms with van der Waals surface area (Å²) >= 11 is 0. The van der Waals surface area contributed by atoms with Gasteiger partial charge in [0.25, 0.3) is 0 Å². The smallest absolute Gasteiger partial charge is 0.0313 e. The maximum Gasteiger partial charge on any atom is 0.0313 e. The molecular weight excluding hydrogens is 234 g/mol. The van der Waals surface area contributed by atoms with Gasteiger partial charge in [-0.1, -0.05) is 6.07 Å². The van der Waals surface area contributed by atoms with Crippen molar-refractivity contribution in [3.05, 3.63) is 29.6 Å². The molecule has 19 heavy (non-hydrogen) atoms. The molecule has 3 rings (SSSR count). The van der Waals surface area contributed by atoms with Crippen LogP contribution in [-0.4, -0.2) is 35.6 Å². The van der Waals surface area contributed by atoms with Gasteiger partial charge in [-0.15, -0.1) is 0 Å². The van der Waals surface area contributed by atoms with Gasteiger partial charge in [0.2, 0.25) is 0 Å². The van der Waals surface area contributed by atoms with E-state index in [2.05, 4.69) is 28.2 Å². The molecule has 3 heterocycles. The lowest BCUT2D eigenvalue weighted by Crippen LogP contribution is -2.40. The van der Waals surface area contributed by atoms with Crippen LogP contribution in [0.3, 0.4) is 0 Å². The third-order valence-electron chi connectivity index (χ3n) is 4.64. The van der Waals surface area contributed by atoms with Crippen molar-refractivity contribution in [2.45, 2.75) is 45.2 Å². The molecule has 1 aromatic rings. The molecule has 1 unspecified atom stereocenters. The summed E-state index contributed by atoms with van der Waals surface area (Å²) in [5.74, 6) is 0.911. The second-order valence-electron chi connectivity index (χ2n) is 6.19. The molecule has 104 valence electrons. The van der Waals surface area contributed by atoms with Crippen molar-refractivity contribution in [1.82, 2.24) is 15.2 Å². The van der Waals surface area contributed by atoms with Crippen molar-refractivity contribution in [2.24, 2.45) is 5.92 Å². The monoisotopic (exact) mass is 259 g/mol. The van der Waals surface area contributed by atoms with Crippen molar-refractivity contribution >= 4 is 0 Å². The maximum atomic E-state index is 4.29. The minimum absolute atomic E-state index is 0.808. The maximum absolute atomic E-state index is 4.29. The highest BCUT2D eigenvalue weighted by atomic mass is 15.1. The molecule has 2 fully saturated rings. The van der Waals surface area contributed by atoms with Crippen LogP contribution >= 0.6 is 0 Å². The SMILES string of the molecule is Cc1cncc(CN2CCC(C3CCCN3)CC2)c1. The number of aromatic nitrogens is 1. The molecule has 0 radical (unpaired) electrons. The van der Waals surface area contributed by atoms with Gasteiger partial charge in [-0.05, 0) is 69.3 Å². The summed E-state index contributed by atoms with van der Waals surface area (Å²) in [6.07, 6.45) is 9.43. The Hall–Kier alpha value is -0.930. The Morgan fingerprint density at radius 1 is 1.26 bits per heavy atom. The Balaban J connectivity index is 1.50. The van der Waals surface area contributed by atoms with E-state index in [0.29, 0.717) is 0 Å². The fourth-order valence-corrected chi connectivity index (χ4v) is 3.59. The molecule has 2 aliphatic rings. The number of pyridine rings is 1. The van der Waals surface area contributed by atoms with Gasteiger partial charge in [-0.3, -0.25) is 9.88 Å². The van der Waals surface area contributed by atoms with E-state index in [1.54, 1.807) is 0 Å². The molecule has 2 aliphatic heterocycles. The average Bonchev–Trinajstić information content (AvgIpc) is 2.94. The molecule has 0 aliphatic carbocycles. The van der Waals surface area contributed by atoms with E-state index < -0.39 is 0 Å². The zero-order valence-electron chi connectivity index (χ0n) is 11.9. The fraction of sp³-hybridized carbons (Fsp3) is 0.688. The van der Waals surface area contributed by atoms with E-state index in [-0.39, 0.29) is 0 Å². The van der Waals surface area contributed by atoms with Crippen molar-refractivity contribution in [2.75, 3.05) is 19.6 Å². The Morgan fingerprint density at radius 3 is 2.79 bits per heavy atom. The normalized spacial score (nSPS) is 25.8. The first-order valence-electron chi connectivity index (χ1n) is 7.67. The van der Waals surface area contributed by atoms with Gasteiger partial charge in [0.15, 0.2) is 0 Å². The Morgan fingerprint density at radius 2 is 2.11 bits per heavy atom. The molecule has 1 aromatic heterocycles. The standard InChI is InChI=1S/C16H25N3/c1-13-9-14(11-17-10-13)12-19-7-4-15(5-8-19)16-3-2-6-18-16/h9-11,15-16,18H,2-8,12H2,1H3. The number of hydrogen-bond acceptors (Lipinski definition) is 3. The van der Waals surface area contributed by atoms with Crippen LogP contribution in [0.2, 0.25) is 0 Å². The van der Waals surface area contributed by atoms with Gasteiger partial charge in [0, 0.05) is 25.0 Å². The number of aryl methyl sites for hydroxylation is 1. The second-order valence-corrected chi connectivity index (χ2v) is 6.19. The zero-order chi connectivity index (χ0) is 13.1. The van der Waals surface area contributed by atoms with Crippen LogP contribution in [0.15, 0.2) is 18.5 Å². The predicted molar refractivity (Wildman–Crippen MR) is 78.0 cm³/mol. The van der Waals surface area contributed by atoms with Crippen LogP contribution in [0.1, 0.15) is 36.8 Å². The van der Waals surface area contributed by atoms with Crippen LogP contribution in [0, 0.1) is 12.8 Å². The van der Waals surface area contributed by atoms with Gasteiger partial charge >= 0.3 is 0 Å². The highest BCUT2D eigenvalue weighted by Crippen LogP contribution is 2.26. The summed E-state index contributed by atoms with van der Waals surface area (Å²) in [6, 6.07) is 3.07. The largest absolute Gasteiger partial charge is 0.314 e. The summed E-state index contributed by atoms with van der Waals surface area (Å²) in [6.45, 7) is 6.92. The number of rotatable bonds is 3. The van der Waals surface area contributed by atoms with Crippen molar-refractivity contribution in [3.8, 4) is 0 Å². The summed E-state index contributed by atoms with van der Waals surface area (Å²) in [4.78, 5) is 6.88. The van der Waals surface area contributed by atoms with Crippen LogP contribution in [-0.2, 0) is 6.54 Å². The van der Waals surface area contributed by atoms with Gasteiger partial charge in [-0.2, -0.15) is 0 Å². The second kappa shape index (κ2) is 6.02. The molecule has 0 aromatic carbocycles. The summed E-state index contributed by atoms with van der Waals surface area (Å²) in [5, 5.41) is 3.67. The molecule has 1 N–H and O–H groups in total. The average molecular weight is 259 g/mol. The van der Waals surface area contributed by atoms with Crippen LogP contribution in [0.4, 0.5) is 0 Å². The Labute approximate surface area is 116 Å². The van der Waals surface area contributed by atoms with Crippen LogP contribution < -0.4 is 5.32 Å². The molecule has 3 heteroatoms. The molecule has 2 saturated heterocycles. The number of piperidine rings is 1. The highest BCUT2D eigenvalue weighted by molar-refractivity contribution is 5.16. The topological polar surface area (TPSA) is 28.2 Å². The van der Waals surface area contributed by atoms with E-state index in [4.69, 9.17) is 0 Å². The molecular formula is C16H25N3. The van der Waals surface area contributed by atoms with Crippen molar-refractivity contribution in [3.63, 3.8) is 0 Å². The molecule has 0 spiro atoms. The van der Waals surface area contributed by atoms with Crippen molar-refractivity contribution < 1.29 is 0 Å². The van der Waals surface area contributed by atoms with E-state index >= 15 is 0 Å². The summed E-state index contributed by atoms with van der Waals surface area (Å²) < 4.78 is 0. The van der Waals surface area contributed by atoms with E-state index in [1.807, 2.05) is 12.4 Å². The lowest BCUT2D eigenvalue weighted by molar-refractivity contribution is 0.157. The highest BCUT2D eigenvalue weighted by Gasteiger charge is 2.28. The third kappa shape index (κ3) is 3.34. The first kappa shape index (κ1) is 13.1. The molecule has 0 amide bonds. The third-order valence-corrected chi connectivity index (χ3v) is 4.64. The number of likely N-dealkylation sites (tertiary alicyclic amines) is 1. The molecule has 0 bridgehead atoms. The van der Waals surface area contributed by atoms with Crippen LogP contribution in [0.25, 0.3) is 0 Å². The molecule has 1 atom stereocenters. The number of nitrogens with one attached hydrogen (secondary N) is 1. The molecule has 3 nitrogen and oxygen atoms in total. The Kier molecular flexibility index (Phi) is 4.14. The first-order chi connectivity index (χ1) is 9.31. The van der Waals surface area contributed by atoms with E-state index in [9.17, 15) is 0 Å². The van der Waals surface area contributed by atoms with Crippen LogP contribution in [0.5, 0.6) is 0 Å². The van der Waals surface area contributed by atoms with Gasteiger partial charge in [0.1, 0.15) is 0 Å². The van der Waals surface area contributed by atoms with Gasteiger partial charge < -0.3 is 5.32 Å². The minimum atomic E-state index is 0.808. The number of hydrogen-bond donors (Lipinski definition) is 1. The summed E-state index contributed by atoms with van der Waals surface area (Å²) in [5.41, 5.74) is 2.62. The van der Waals surface area contributed by atoms with Gasteiger partial charge in [-0.25, -0.2) is 0 Å². The fourth-order valence-electron chi connectivity index (χ4n) is 3.59. The number of nitrogens with zero attached hydrogens (tertiary/aromatic N) is 2. The summed E-state index contributed by atoms with van der Waals surface area (Å²) in [7, 11) is 0. The first-order valence-corrected chi connectivity index (χ1v) is 7.67.